The van der Waals surface area contributed by atoms with Crippen molar-refractivity contribution in [2.75, 3.05) is 26.3 Å². The van der Waals surface area contributed by atoms with E-state index in [1.54, 1.807) is 12.4 Å². The van der Waals surface area contributed by atoms with Gasteiger partial charge in [0.15, 0.2) is 0 Å². The Morgan fingerprint density at radius 2 is 2.08 bits per heavy atom. The summed E-state index contributed by atoms with van der Waals surface area (Å²) in [5, 5.41) is 0. The van der Waals surface area contributed by atoms with Crippen LogP contribution in [-0.4, -0.2) is 47.3 Å². The van der Waals surface area contributed by atoms with Crippen molar-refractivity contribution in [3.63, 3.8) is 0 Å². The topological polar surface area (TPSA) is 47.5 Å². The average Bonchev–Trinajstić information content (AvgIpc) is 2.68. The summed E-state index contributed by atoms with van der Waals surface area (Å²) in [6, 6.07) is 8.04. The number of ether oxygens (including phenoxy) is 2. The molecular formula is C20H25N3O2. The Hall–Kier alpha value is -1.98. The molecule has 0 saturated carbocycles. The van der Waals surface area contributed by atoms with Gasteiger partial charge in [0.25, 0.3) is 0 Å². The van der Waals surface area contributed by atoms with Crippen LogP contribution in [0.2, 0.25) is 0 Å². The van der Waals surface area contributed by atoms with Crippen molar-refractivity contribution < 1.29 is 9.47 Å². The summed E-state index contributed by atoms with van der Waals surface area (Å²) in [7, 11) is 0. The molecule has 4 rings (SSSR count). The molecule has 25 heavy (non-hydrogen) atoms. The average molecular weight is 339 g/mol. The first kappa shape index (κ1) is 16.5. The summed E-state index contributed by atoms with van der Waals surface area (Å²) >= 11 is 0. The quantitative estimate of drug-likeness (QED) is 0.838. The summed E-state index contributed by atoms with van der Waals surface area (Å²) < 4.78 is 12.3. The van der Waals surface area contributed by atoms with E-state index in [-0.39, 0.29) is 5.41 Å². The molecule has 5 nitrogen and oxygen atoms in total. The number of rotatable bonds is 5. The number of aromatic nitrogens is 2. The normalized spacial score (nSPS) is 26.8. The smallest absolute Gasteiger partial charge is 0.137 e. The van der Waals surface area contributed by atoms with Crippen LogP contribution in [0, 0.1) is 5.41 Å². The molecule has 2 atom stereocenters. The van der Waals surface area contributed by atoms with Gasteiger partial charge < -0.3 is 9.47 Å². The Kier molecular flexibility index (Phi) is 4.95. The van der Waals surface area contributed by atoms with E-state index in [1.807, 2.05) is 30.6 Å². The highest BCUT2D eigenvalue weighted by atomic mass is 16.5. The third-order valence-electron chi connectivity index (χ3n) is 5.36. The van der Waals surface area contributed by atoms with E-state index >= 15 is 0 Å². The number of fused-ring (bicyclic) bond motifs is 1. The second kappa shape index (κ2) is 7.50. The summed E-state index contributed by atoms with van der Waals surface area (Å²) in [5.74, 6) is 0.839. The van der Waals surface area contributed by atoms with Crippen molar-refractivity contribution in [1.29, 1.82) is 0 Å². The molecule has 0 aliphatic carbocycles. The fourth-order valence-corrected chi connectivity index (χ4v) is 4.14. The van der Waals surface area contributed by atoms with Crippen molar-refractivity contribution in [1.82, 2.24) is 14.9 Å². The number of pyridine rings is 2. The highest BCUT2D eigenvalue weighted by Gasteiger charge is 2.46. The largest absolute Gasteiger partial charge is 0.491 e. The van der Waals surface area contributed by atoms with Crippen LogP contribution >= 0.6 is 0 Å². The van der Waals surface area contributed by atoms with E-state index in [0.717, 1.165) is 51.3 Å². The maximum Gasteiger partial charge on any atom is 0.137 e. The molecule has 2 saturated heterocycles. The van der Waals surface area contributed by atoms with Gasteiger partial charge in [0.05, 0.1) is 18.9 Å². The number of hydrogen-bond acceptors (Lipinski definition) is 5. The van der Waals surface area contributed by atoms with Gasteiger partial charge in [0.1, 0.15) is 5.75 Å². The van der Waals surface area contributed by atoms with Gasteiger partial charge in [-0.25, -0.2) is 0 Å². The van der Waals surface area contributed by atoms with E-state index in [0.29, 0.717) is 12.7 Å². The first-order chi connectivity index (χ1) is 12.3. The van der Waals surface area contributed by atoms with E-state index in [1.165, 1.54) is 5.56 Å². The Bertz CT molecular complexity index is 667. The standard InChI is InChI=1S/C20H25N3O2/c1-4-17(12-21-8-1)14-23-10-6-19-20(15-23,7-3-11-24-19)16-25-18-5-2-9-22-13-18/h1-2,4-5,8-9,12-13,19H,3,6-7,10-11,14-16H2. The zero-order valence-corrected chi connectivity index (χ0v) is 14.5. The molecule has 2 aliphatic heterocycles. The molecule has 2 unspecified atom stereocenters. The zero-order valence-electron chi connectivity index (χ0n) is 14.5. The van der Waals surface area contributed by atoms with Gasteiger partial charge in [0, 0.05) is 50.2 Å². The van der Waals surface area contributed by atoms with Crippen LogP contribution in [0.4, 0.5) is 0 Å². The third kappa shape index (κ3) is 3.83. The fraction of sp³-hybridized carbons (Fsp3) is 0.500. The van der Waals surface area contributed by atoms with Crippen LogP contribution in [-0.2, 0) is 11.3 Å². The molecule has 2 aliphatic rings. The second-order valence-electron chi connectivity index (χ2n) is 7.16. The zero-order chi connectivity index (χ0) is 17.0. The molecular weight excluding hydrogens is 314 g/mol. The SMILES string of the molecule is c1cncc(CN2CCC3OCCCC3(COc3cccnc3)C2)c1. The lowest BCUT2D eigenvalue weighted by molar-refractivity contribution is -0.140. The Balaban J connectivity index is 1.47. The molecule has 0 radical (unpaired) electrons. The van der Waals surface area contributed by atoms with Crippen molar-refractivity contribution >= 4 is 0 Å². The second-order valence-corrected chi connectivity index (χ2v) is 7.16. The highest BCUT2D eigenvalue weighted by Crippen LogP contribution is 2.41. The first-order valence-electron chi connectivity index (χ1n) is 9.10. The Labute approximate surface area is 149 Å². The van der Waals surface area contributed by atoms with Gasteiger partial charge in [0.2, 0.25) is 0 Å². The van der Waals surface area contributed by atoms with Crippen LogP contribution < -0.4 is 4.74 Å². The third-order valence-corrected chi connectivity index (χ3v) is 5.36. The van der Waals surface area contributed by atoms with Crippen LogP contribution in [0.5, 0.6) is 5.75 Å². The molecule has 132 valence electrons. The predicted molar refractivity (Wildman–Crippen MR) is 95.3 cm³/mol. The van der Waals surface area contributed by atoms with E-state index in [2.05, 4.69) is 20.9 Å². The fourth-order valence-electron chi connectivity index (χ4n) is 4.14. The summed E-state index contributed by atoms with van der Waals surface area (Å²) in [6.07, 6.45) is 11.0. The van der Waals surface area contributed by atoms with E-state index in [4.69, 9.17) is 9.47 Å². The first-order valence-corrected chi connectivity index (χ1v) is 9.10. The number of piperidine rings is 1. The number of likely N-dealkylation sites (tertiary alicyclic amines) is 1. The Morgan fingerprint density at radius 1 is 1.20 bits per heavy atom. The molecule has 0 amide bonds. The van der Waals surface area contributed by atoms with Gasteiger partial charge in [-0.1, -0.05) is 6.07 Å². The van der Waals surface area contributed by atoms with Crippen LogP contribution in [0.1, 0.15) is 24.8 Å². The summed E-state index contributed by atoms with van der Waals surface area (Å²) in [6.45, 7) is 4.57. The van der Waals surface area contributed by atoms with Gasteiger partial charge in [-0.15, -0.1) is 0 Å². The maximum atomic E-state index is 6.14. The van der Waals surface area contributed by atoms with Crippen LogP contribution in [0.15, 0.2) is 49.1 Å². The van der Waals surface area contributed by atoms with Crippen molar-refractivity contribution in [3.05, 3.63) is 54.6 Å². The minimum atomic E-state index is 0.0640. The van der Waals surface area contributed by atoms with Crippen molar-refractivity contribution in [3.8, 4) is 5.75 Å². The highest BCUT2D eigenvalue weighted by molar-refractivity contribution is 5.16. The van der Waals surface area contributed by atoms with Gasteiger partial charge in [-0.05, 0) is 43.0 Å². The van der Waals surface area contributed by atoms with Gasteiger partial charge in [-0.3, -0.25) is 14.9 Å². The lowest BCUT2D eigenvalue weighted by Gasteiger charge is -2.50. The maximum absolute atomic E-state index is 6.14. The minimum absolute atomic E-state index is 0.0640. The molecule has 0 N–H and O–H groups in total. The van der Waals surface area contributed by atoms with Gasteiger partial charge in [-0.2, -0.15) is 0 Å². The molecule has 0 bridgehead atoms. The monoisotopic (exact) mass is 339 g/mol. The lowest BCUT2D eigenvalue weighted by atomic mass is 9.73. The molecule has 0 spiro atoms. The number of hydrogen-bond donors (Lipinski definition) is 0. The summed E-state index contributed by atoms with van der Waals surface area (Å²) in [4.78, 5) is 10.9. The van der Waals surface area contributed by atoms with E-state index < -0.39 is 0 Å². The van der Waals surface area contributed by atoms with Crippen LogP contribution in [0.3, 0.4) is 0 Å². The van der Waals surface area contributed by atoms with Gasteiger partial charge >= 0.3 is 0 Å². The molecule has 0 aromatic carbocycles. The molecule has 4 heterocycles. The summed E-state index contributed by atoms with van der Waals surface area (Å²) in [5.41, 5.74) is 1.33. The minimum Gasteiger partial charge on any atom is -0.491 e. The molecule has 2 aromatic rings. The molecule has 5 heteroatoms. The van der Waals surface area contributed by atoms with Crippen molar-refractivity contribution in [2.45, 2.75) is 31.9 Å². The molecule has 2 aromatic heterocycles. The number of nitrogens with zero attached hydrogens (tertiary/aromatic N) is 3. The van der Waals surface area contributed by atoms with Crippen molar-refractivity contribution in [2.24, 2.45) is 5.41 Å². The molecule has 2 fully saturated rings. The van der Waals surface area contributed by atoms with Crippen LogP contribution in [0.25, 0.3) is 0 Å². The Morgan fingerprint density at radius 3 is 2.88 bits per heavy atom. The lowest BCUT2D eigenvalue weighted by Crippen LogP contribution is -2.57. The van der Waals surface area contributed by atoms with E-state index in [9.17, 15) is 0 Å². The predicted octanol–water partition coefficient (Wildman–Crippen LogP) is 2.93.